The molecule has 3 nitrogen and oxygen atoms in total. The third-order valence-electron chi connectivity index (χ3n) is 2.63. The molecule has 0 N–H and O–H groups in total. The fourth-order valence-corrected chi connectivity index (χ4v) is 1.92. The molecule has 0 aromatic carbocycles. The smallest absolute Gasteiger partial charge is 0.302 e. The lowest BCUT2D eigenvalue weighted by molar-refractivity contribution is -0.150. The van der Waals surface area contributed by atoms with Gasteiger partial charge in [0.25, 0.3) is 0 Å². The number of carbonyl (C=O) groups is 1. The molecule has 76 valence electrons. The van der Waals surface area contributed by atoms with Crippen molar-refractivity contribution in [1.29, 1.82) is 0 Å². The monoisotopic (exact) mass is 186 g/mol. The van der Waals surface area contributed by atoms with Crippen LogP contribution in [0.25, 0.3) is 0 Å². The summed E-state index contributed by atoms with van der Waals surface area (Å²) in [4.78, 5) is 10.8. The van der Waals surface area contributed by atoms with Crippen molar-refractivity contribution in [2.24, 2.45) is 5.92 Å². The van der Waals surface area contributed by atoms with Gasteiger partial charge in [0.05, 0.1) is 6.10 Å². The molecule has 0 saturated carbocycles. The van der Waals surface area contributed by atoms with Crippen molar-refractivity contribution in [3.05, 3.63) is 0 Å². The van der Waals surface area contributed by atoms with E-state index in [1.54, 1.807) is 0 Å². The van der Waals surface area contributed by atoms with Gasteiger partial charge >= 0.3 is 5.97 Å². The van der Waals surface area contributed by atoms with Crippen molar-refractivity contribution in [3.8, 4) is 0 Å². The number of hydrogen-bond acceptors (Lipinski definition) is 3. The summed E-state index contributed by atoms with van der Waals surface area (Å²) in [5.74, 6) is 0.194. The predicted molar refractivity (Wildman–Crippen MR) is 49.4 cm³/mol. The zero-order chi connectivity index (χ0) is 9.84. The van der Waals surface area contributed by atoms with Gasteiger partial charge in [-0.1, -0.05) is 6.92 Å². The fraction of sp³-hybridized carbons (Fsp3) is 0.900. The summed E-state index contributed by atoms with van der Waals surface area (Å²) < 4.78 is 10.7. The molecule has 3 atom stereocenters. The van der Waals surface area contributed by atoms with Gasteiger partial charge in [0, 0.05) is 19.4 Å². The third kappa shape index (κ3) is 2.69. The second kappa shape index (κ2) is 4.61. The first-order valence-electron chi connectivity index (χ1n) is 4.94. The fourth-order valence-electron chi connectivity index (χ4n) is 1.92. The summed E-state index contributed by atoms with van der Waals surface area (Å²) in [6.07, 6.45) is 2.14. The minimum Gasteiger partial charge on any atom is -0.462 e. The van der Waals surface area contributed by atoms with Crippen molar-refractivity contribution < 1.29 is 14.3 Å². The molecule has 0 aliphatic carbocycles. The average molecular weight is 186 g/mol. The summed E-state index contributed by atoms with van der Waals surface area (Å²) in [6, 6.07) is 0. The van der Waals surface area contributed by atoms with Gasteiger partial charge in [0.1, 0.15) is 6.10 Å². The summed E-state index contributed by atoms with van der Waals surface area (Å²) in [6.45, 7) is 6.34. The molecular weight excluding hydrogens is 168 g/mol. The minimum atomic E-state index is -0.189. The Hall–Kier alpha value is -0.570. The Bertz CT molecular complexity index is 179. The van der Waals surface area contributed by atoms with E-state index >= 15 is 0 Å². The highest BCUT2D eigenvalue weighted by Gasteiger charge is 2.32. The van der Waals surface area contributed by atoms with E-state index in [9.17, 15) is 4.79 Å². The van der Waals surface area contributed by atoms with Gasteiger partial charge < -0.3 is 9.47 Å². The van der Waals surface area contributed by atoms with Gasteiger partial charge in [-0.2, -0.15) is 0 Å². The first kappa shape index (κ1) is 10.5. The van der Waals surface area contributed by atoms with Gasteiger partial charge in [0.2, 0.25) is 0 Å². The van der Waals surface area contributed by atoms with E-state index < -0.39 is 0 Å². The standard InChI is InChI=1S/C10H18O3/c1-4-10(13-8(3)11)9-5-6-12-7(9)2/h7,9-10H,4-6H2,1-3H3. The Morgan fingerprint density at radius 3 is 2.77 bits per heavy atom. The molecule has 1 heterocycles. The van der Waals surface area contributed by atoms with Crippen molar-refractivity contribution in [3.63, 3.8) is 0 Å². The Morgan fingerprint density at radius 2 is 2.38 bits per heavy atom. The van der Waals surface area contributed by atoms with E-state index in [1.165, 1.54) is 6.92 Å². The second-order valence-corrected chi connectivity index (χ2v) is 3.58. The number of rotatable bonds is 3. The van der Waals surface area contributed by atoms with E-state index in [4.69, 9.17) is 9.47 Å². The van der Waals surface area contributed by atoms with Gasteiger partial charge in [-0.25, -0.2) is 0 Å². The van der Waals surface area contributed by atoms with Crippen LogP contribution in [-0.2, 0) is 14.3 Å². The maximum Gasteiger partial charge on any atom is 0.302 e. The highest BCUT2D eigenvalue weighted by Crippen LogP contribution is 2.27. The maximum atomic E-state index is 10.8. The number of carbonyl (C=O) groups excluding carboxylic acids is 1. The van der Waals surface area contributed by atoms with Crippen molar-refractivity contribution >= 4 is 5.97 Å². The zero-order valence-electron chi connectivity index (χ0n) is 8.58. The van der Waals surface area contributed by atoms with Crippen LogP contribution in [0.15, 0.2) is 0 Å². The summed E-state index contributed by atoms with van der Waals surface area (Å²) >= 11 is 0. The Labute approximate surface area is 79.4 Å². The van der Waals surface area contributed by atoms with Crippen LogP contribution >= 0.6 is 0 Å². The molecule has 3 unspecified atom stereocenters. The quantitative estimate of drug-likeness (QED) is 0.630. The number of hydrogen-bond donors (Lipinski definition) is 0. The molecule has 1 rings (SSSR count). The van der Waals surface area contributed by atoms with Gasteiger partial charge in [-0.05, 0) is 19.8 Å². The van der Waals surface area contributed by atoms with Crippen LogP contribution in [0.2, 0.25) is 0 Å². The SMILES string of the molecule is CCC(OC(C)=O)C1CCOC1C. The van der Waals surface area contributed by atoms with E-state index in [-0.39, 0.29) is 18.2 Å². The minimum absolute atomic E-state index is 0.0370. The largest absolute Gasteiger partial charge is 0.462 e. The molecular formula is C10H18O3. The Balaban J connectivity index is 2.49. The van der Waals surface area contributed by atoms with Crippen LogP contribution in [0.4, 0.5) is 0 Å². The lowest BCUT2D eigenvalue weighted by atomic mass is 9.94. The molecule has 0 aromatic rings. The number of ether oxygens (including phenoxy) is 2. The highest BCUT2D eigenvalue weighted by molar-refractivity contribution is 5.66. The first-order chi connectivity index (χ1) is 6.15. The second-order valence-electron chi connectivity index (χ2n) is 3.58. The van der Waals surface area contributed by atoms with Crippen LogP contribution in [0.5, 0.6) is 0 Å². The van der Waals surface area contributed by atoms with Crippen LogP contribution in [0.1, 0.15) is 33.6 Å². The van der Waals surface area contributed by atoms with E-state index in [0.717, 1.165) is 19.4 Å². The molecule has 1 fully saturated rings. The van der Waals surface area contributed by atoms with Gasteiger partial charge in [-0.3, -0.25) is 4.79 Å². The van der Waals surface area contributed by atoms with Crippen LogP contribution in [0.3, 0.4) is 0 Å². The maximum absolute atomic E-state index is 10.8. The van der Waals surface area contributed by atoms with Gasteiger partial charge in [0.15, 0.2) is 0 Å². The lowest BCUT2D eigenvalue weighted by Crippen LogP contribution is -2.29. The van der Waals surface area contributed by atoms with E-state index in [1.807, 2.05) is 13.8 Å². The van der Waals surface area contributed by atoms with Crippen LogP contribution in [-0.4, -0.2) is 24.8 Å². The van der Waals surface area contributed by atoms with Crippen molar-refractivity contribution in [2.45, 2.75) is 45.8 Å². The molecule has 0 radical (unpaired) electrons. The molecule has 1 aliphatic heterocycles. The number of esters is 1. The topological polar surface area (TPSA) is 35.5 Å². The zero-order valence-corrected chi connectivity index (χ0v) is 8.58. The van der Waals surface area contributed by atoms with E-state index in [2.05, 4.69) is 0 Å². The summed E-state index contributed by atoms with van der Waals surface area (Å²) in [7, 11) is 0. The van der Waals surface area contributed by atoms with Crippen LogP contribution in [0, 0.1) is 5.92 Å². The molecule has 0 aromatic heterocycles. The van der Waals surface area contributed by atoms with Crippen molar-refractivity contribution in [2.75, 3.05) is 6.61 Å². The highest BCUT2D eigenvalue weighted by atomic mass is 16.5. The Kier molecular flexibility index (Phi) is 3.72. The molecule has 0 amide bonds. The third-order valence-corrected chi connectivity index (χ3v) is 2.63. The summed E-state index contributed by atoms with van der Waals surface area (Å²) in [5, 5.41) is 0. The first-order valence-corrected chi connectivity index (χ1v) is 4.94. The summed E-state index contributed by atoms with van der Waals surface area (Å²) in [5.41, 5.74) is 0. The van der Waals surface area contributed by atoms with E-state index in [0.29, 0.717) is 5.92 Å². The van der Waals surface area contributed by atoms with Crippen molar-refractivity contribution in [1.82, 2.24) is 0 Å². The molecule has 0 bridgehead atoms. The molecule has 1 saturated heterocycles. The molecule has 1 aliphatic rings. The predicted octanol–water partition coefficient (Wildman–Crippen LogP) is 1.75. The van der Waals surface area contributed by atoms with Gasteiger partial charge in [-0.15, -0.1) is 0 Å². The average Bonchev–Trinajstić information content (AvgIpc) is 2.47. The van der Waals surface area contributed by atoms with Crippen LogP contribution < -0.4 is 0 Å². The Morgan fingerprint density at radius 1 is 1.69 bits per heavy atom. The molecule has 0 spiro atoms. The normalized spacial score (nSPS) is 30.1. The molecule has 13 heavy (non-hydrogen) atoms. The molecule has 3 heteroatoms. The lowest BCUT2D eigenvalue weighted by Gasteiger charge is -2.23.